The van der Waals surface area contributed by atoms with Crippen molar-refractivity contribution in [3.8, 4) is 5.75 Å². The summed E-state index contributed by atoms with van der Waals surface area (Å²) in [6.07, 6.45) is 0.645. The maximum Gasteiger partial charge on any atom is 0.311 e. The molecular formula is C15H20N2O5. The van der Waals surface area contributed by atoms with Crippen LogP contribution in [0.4, 0.5) is 5.69 Å². The fourth-order valence-electron chi connectivity index (χ4n) is 2.84. The Kier molecular flexibility index (Phi) is 3.87. The van der Waals surface area contributed by atoms with Crippen LogP contribution in [-0.2, 0) is 4.74 Å². The lowest BCUT2D eigenvalue weighted by Gasteiger charge is -2.27. The highest BCUT2D eigenvalue weighted by Crippen LogP contribution is 2.37. The molecular weight excluding hydrogens is 288 g/mol. The Morgan fingerprint density at radius 3 is 2.55 bits per heavy atom. The van der Waals surface area contributed by atoms with Crippen LogP contribution in [0.1, 0.15) is 44.5 Å². The zero-order valence-electron chi connectivity index (χ0n) is 13.0. The second-order valence-electron chi connectivity index (χ2n) is 6.66. The second-order valence-corrected chi connectivity index (χ2v) is 6.66. The molecule has 2 N–H and O–H groups in total. The van der Waals surface area contributed by atoms with Crippen molar-refractivity contribution < 1.29 is 19.6 Å². The number of rotatable bonds is 3. The summed E-state index contributed by atoms with van der Waals surface area (Å²) in [4.78, 5) is 22.4. The smallest absolute Gasteiger partial charge is 0.311 e. The van der Waals surface area contributed by atoms with Crippen LogP contribution in [0.25, 0.3) is 0 Å². The number of phenols is 1. The third-order valence-corrected chi connectivity index (χ3v) is 3.81. The van der Waals surface area contributed by atoms with Gasteiger partial charge in [-0.2, -0.15) is 0 Å². The molecule has 1 aromatic rings. The third-order valence-electron chi connectivity index (χ3n) is 3.81. The number of phenolic OH excluding ortho intramolecular Hbond substituents is 1. The Labute approximate surface area is 128 Å². The number of nitrogens with one attached hydrogen (secondary N) is 1. The van der Waals surface area contributed by atoms with E-state index in [9.17, 15) is 20.0 Å². The van der Waals surface area contributed by atoms with Crippen LogP contribution in [0, 0.1) is 10.1 Å². The minimum atomic E-state index is -0.724. The standard InChI is InChI=1S/C15H20N2O5/c1-14(2)8-12(15(3,4)22-14)16-13(19)9-5-6-11(18)10(7-9)17(20)21/h5-7,12,18H,8H2,1-4H3,(H,16,19)/t12-/m1/s1. The number of carbonyl (C=O) groups excluding carboxylic acids is 1. The maximum absolute atomic E-state index is 12.3. The first-order valence-electron chi connectivity index (χ1n) is 7.00. The molecule has 1 aliphatic heterocycles. The molecule has 1 amide bonds. The monoisotopic (exact) mass is 308 g/mol. The van der Waals surface area contributed by atoms with Crippen LogP contribution in [0.5, 0.6) is 5.75 Å². The first-order chi connectivity index (χ1) is 10.0. The van der Waals surface area contributed by atoms with Gasteiger partial charge in [-0.15, -0.1) is 0 Å². The Bertz CT molecular complexity index is 624. The Hall–Kier alpha value is -2.15. The highest BCUT2D eigenvalue weighted by molar-refractivity contribution is 5.95. The van der Waals surface area contributed by atoms with E-state index in [0.717, 1.165) is 12.1 Å². The number of amides is 1. The second kappa shape index (κ2) is 5.24. The van der Waals surface area contributed by atoms with E-state index in [1.807, 2.05) is 27.7 Å². The van der Waals surface area contributed by atoms with Gasteiger partial charge < -0.3 is 15.2 Å². The minimum Gasteiger partial charge on any atom is -0.502 e. The van der Waals surface area contributed by atoms with Crippen molar-refractivity contribution in [3.63, 3.8) is 0 Å². The molecule has 0 spiro atoms. The van der Waals surface area contributed by atoms with Crippen LogP contribution in [0.3, 0.4) is 0 Å². The van der Waals surface area contributed by atoms with Gasteiger partial charge in [0, 0.05) is 11.6 Å². The molecule has 0 aromatic heterocycles. The van der Waals surface area contributed by atoms with E-state index >= 15 is 0 Å². The number of hydrogen-bond donors (Lipinski definition) is 2. The van der Waals surface area contributed by atoms with Gasteiger partial charge in [-0.25, -0.2) is 0 Å². The molecule has 7 nitrogen and oxygen atoms in total. The van der Waals surface area contributed by atoms with Crippen molar-refractivity contribution in [2.24, 2.45) is 0 Å². The number of hydrogen-bond acceptors (Lipinski definition) is 5. The molecule has 120 valence electrons. The first kappa shape index (κ1) is 16.2. The molecule has 22 heavy (non-hydrogen) atoms. The van der Waals surface area contributed by atoms with Crippen molar-refractivity contribution >= 4 is 11.6 Å². The fraction of sp³-hybridized carbons (Fsp3) is 0.533. The van der Waals surface area contributed by atoms with Gasteiger partial charge in [0.2, 0.25) is 0 Å². The molecule has 0 radical (unpaired) electrons. The van der Waals surface area contributed by atoms with Crippen molar-refractivity contribution in [2.75, 3.05) is 0 Å². The van der Waals surface area contributed by atoms with E-state index in [2.05, 4.69) is 5.32 Å². The van der Waals surface area contributed by atoms with Crippen LogP contribution in [0.2, 0.25) is 0 Å². The highest BCUT2D eigenvalue weighted by atomic mass is 16.6. The number of nitro benzene ring substituents is 1. The van der Waals surface area contributed by atoms with Gasteiger partial charge in [-0.05, 0) is 46.2 Å². The lowest BCUT2D eigenvalue weighted by atomic mass is 9.94. The van der Waals surface area contributed by atoms with Gasteiger partial charge in [0.1, 0.15) is 0 Å². The van der Waals surface area contributed by atoms with Gasteiger partial charge in [0.25, 0.3) is 5.91 Å². The molecule has 1 aliphatic rings. The van der Waals surface area contributed by atoms with Crippen molar-refractivity contribution in [3.05, 3.63) is 33.9 Å². The summed E-state index contributed by atoms with van der Waals surface area (Å²) in [5, 5.41) is 23.1. The Morgan fingerprint density at radius 1 is 1.41 bits per heavy atom. The van der Waals surface area contributed by atoms with Crippen molar-refractivity contribution in [1.29, 1.82) is 0 Å². The lowest BCUT2D eigenvalue weighted by Crippen LogP contribution is -2.46. The molecule has 1 saturated heterocycles. The van der Waals surface area contributed by atoms with Crippen molar-refractivity contribution in [1.82, 2.24) is 5.32 Å². The summed E-state index contributed by atoms with van der Waals surface area (Å²) >= 11 is 0. The van der Waals surface area contributed by atoms with E-state index in [1.165, 1.54) is 6.07 Å². The number of nitrogens with zero attached hydrogens (tertiary/aromatic N) is 1. The lowest BCUT2D eigenvalue weighted by molar-refractivity contribution is -0.385. The minimum absolute atomic E-state index is 0.130. The predicted molar refractivity (Wildman–Crippen MR) is 79.9 cm³/mol. The van der Waals surface area contributed by atoms with Gasteiger partial charge in [0.05, 0.1) is 22.2 Å². The number of benzene rings is 1. The molecule has 0 bridgehead atoms. The Balaban J connectivity index is 2.20. The van der Waals surface area contributed by atoms with Crippen LogP contribution in [0.15, 0.2) is 18.2 Å². The molecule has 0 unspecified atom stereocenters. The molecule has 7 heteroatoms. The quantitative estimate of drug-likeness (QED) is 0.659. The first-order valence-corrected chi connectivity index (χ1v) is 7.00. The topological polar surface area (TPSA) is 102 Å². The molecule has 1 atom stereocenters. The van der Waals surface area contributed by atoms with Crippen LogP contribution in [-0.4, -0.2) is 33.2 Å². The largest absolute Gasteiger partial charge is 0.502 e. The van der Waals surface area contributed by atoms with Gasteiger partial charge in [-0.3, -0.25) is 14.9 Å². The van der Waals surface area contributed by atoms with Crippen LogP contribution >= 0.6 is 0 Å². The normalized spacial score (nSPS) is 22.3. The average Bonchev–Trinajstić information content (AvgIpc) is 2.56. The summed E-state index contributed by atoms with van der Waals surface area (Å²) in [7, 11) is 0. The molecule has 1 fully saturated rings. The zero-order chi connectivity index (χ0) is 16.7. The highest BCUT2D eigenvalue weighted by Gasteiger charge is 2.46. The Morgan fingerprint density at radius 2 is 2.05 bits per heavy atom. The summed E-state index contributed by atoms with van der Waals surface area (Å²) in [5.74, 6) is -0.894. The number of nitro groups is 1. The molecule has 1 aromatic carbocycles. The van der Waals surface area contributed by atoms with Crippen molar-refractivity contribution in [2.45, 2.75) is 51.4 Å². The SMILES string of the molecule is CC1(C)C[C@@H](NC(=O)c2ccc(O)c([N+](=O)[O-])c2)C(C)(C)O1. The summed E-state index contributed by atoms with van der Waals surface area (Å²) < 4.78 is 5.90. The molecule has 2 rings (SSSR count). The summed E-state index contributed by atoms with van der Waals surface area (Å²) in [6, 6.07) is 3.36. The van der Waals surface area contributed by atoms with Gasteiger partial charge >= 0.3 is 5.69 Å². The zero-order valence-corrected chi connectivity index (χ0v) is 13.0. The third kappa shape index (κ3) is 3.19. The van der Waals surface area contributed by atoms with E-state index in [-0.39, 0.29) is 17.2 Å². The number of ether oxygens (including phenoxy) is 1. The van der Waals surface area contributed by atoms with E-state index in [1.54, 1.807) is 0 Å². The van der Waals surface area contributed by atoms with E-state index < -0.39 is 27.9 Å². The number of aromatic hydroxyl groups is 1. The molecule has 1 heterocycles. The van der Waals surface area contributed by atoms with E-state index in [0.29, 0.717) is 6.42 Å². The molecule has 0 saturated carbocycles. The molecule has 0 aliphatic carbocycles. The summed E-state index contributed by atoms with van der Waals surface area (Å²) in [5.41, 5.74) is -1.23. The number of carbonyl (C=O) groups is 1. The van der Waals surface area contributed by atoms with E-state index in [4.69, 9.17) is 4.74 Å². The fourth-order valence-corrected chi connectivity index (χ4v) is 2.84. The maximum atomic E-state index is 12.3. The average molecular weight is 308 g/mol. The summed E-state index contributed by atoms with van der Waals surface area (Å²) in [6.45, 7) is 7.69. The van der Waals surface area contributed by atoms with Gasteiger partial charge in [-0.1, -0.05) is 0 Å². The van der Waals surface area contributed by atoms with Gasteiger partial charge in [0.15, 0.2) is 5.75 Å². The van der Waals surface area contributed by atoms with Crippen LogP contribution < -0.4 is 5.32 Å². The predicted octanol–water partition coefficient (Wildman–Crippen LogP) is 2.38.